The molecule has 3 nitrogen and oxygen atoms in total. The summed E-state index contributed by atoms with van der Waals surface area (Å²) >= 11 is 0. The summed E-state index contributed by atoms with van der Waals surface area (Å²) in [6.07, 6.45) is 0. The Morgan fingerprint density at radius 3 is 1.16 bits per heavy atom. The van der Waals surface area contributed by atoms with Gasteiger partial charge in [-0.05, 0) is 186 Å². The van der Waals surface area contributed by atoms with E-state index in [-0.39, 0.29) is 27.5 Å². The first-order valence-corrected chi connectivity index (χ1v) is 24.8. The van der Waals surface area contributed by atoms with Gasteiger partial charge in [0.05, 0.1) is 0 Å². The van der Waals surface area contributed by atoms with E-state index in [4.69, 9.17) is 8.83 Å². The van der Waals surface area contributed by atoms with Gasteiger partial charge in [-0.3, -0.25) is 0 Å². The van der Waals surface area contributed by atoms with Crippen molar-refractivity contribution in [1.29, 1.82) is 0 Å². The van der Waals surface area contributed by atoms with Gasteiger partial charge in [-0.2, -0.15) is 0 Å². The average Bonchev–Trinajstić information content (AvgIpc) is 4.13. The molecule has 0 fully saturated rings. The molecule has 70 heavy (non-hydrogen) atoms. The molecule has 0 radical (unpaired) electrons. The Labute approximate surface area is 406 Å². The standard InChI is InChI=1S/C66H50FNO2/c1-63(2)47-25-27-57-61(41-13-9-11-15-55(41)69-57)59(47)45-33-51-43(31-53(45)63)39-23-21-37(29-49(39)65(51,5)6)68(36-19-17-35(67)18-20-36)38-22-24-40-44-32-54-46(34-52(44)66(7,8)50(40)30-38)60-48(64(54,3)4)26-28-58-62(60)42-14-10-12-16-56(42)70-58/h9-34H,1-8H3. The van der Waals surface area contributed by atoms with Crippen LogP contribution < -0.4 is 4.90 Å². The van der Waals surface area contributed by atoms with Crippen molar-refractivity contribution in [3.63, 3.8) is 0 Å². The summed E-state index contributed by atoms with van der Waals surface area (Å²) in [5, 5.41) is 4.73. The lowest BCUT2D eigenvalue weighted by molar-refractivity contribution is 0.628. The summed E-state index contributed by atoms with van der Waals surface area (Å²) in [4.78, 5) is 2.32. The first-order valence-electron chi connectivity index (χ1n) is 24.8. The predicted octanol–water partition coefficient (Wildman–Crippen LogP) is 18.3. The number of anilines is 3. The van der Waals surface area contributed by atoms with Crippen molar-refractivity contribution in [3.05, 3.63) is 208 Å². The molecule has 0 saturated heterocycles. The highest BCUT2D eigenvalue weighted by Gasteiger charge is 2.45. The lowest BCUT2D eigenvalue weighted by Gasteiger charge is -2.29. The number of fused-ring (bicyclic) bond motifs is 20. The lowest BCUT2D eigenvalue weighted by atomic mass is 9.79. The number of rotatable bonds is 3. The van der Waals surface area contributed by atoms with Crippen LogP contribution in [0.15, 0.2) is 167 Å². The molecule has 2 aromatic heterocycles. The van der Waals surface area contributed by atoms with Gasteiger partial charge in [0.25, 0.3) is 0 Å². The van der Waals surface area contributed by atoms with Gasteiger partial charge in [0, 0.05) is 60.3 Å². The highest BCUT2D eigenvalue weighted by atomic mass is 19.1. The van der Waals surface area contributed by atoms with Crippen LogP contribution in [-0.4, -0.2) is 0 Å². The zero-order chi connectivity index (χ0) is 47.5. The van der Waals surface area contributed by atoms with Crippen molar-refractivity contribution >= 4 is 60.9 Å². The normalized spacial score (nSPS) is 16.5. The minimum Gasteiger partial charge on any atom is -0.456 e. The van der Waals surface area contributed by atoms with E-state index < -0.39 is 0 Å². The molecule has 0 amide bonds. The van der Waals surface area contributed by atoms with Crippen molar-refractivity contribution in [2.45, 2.75) is 77.0 Å². The number of benzene rings is 9. The minimum absolute atomic E-state index is 0.193. The van der Waals surface area contributed by atoms with E-state index in [9.17, 15) is 4.39 Å². The van der Waals surface area contributed by atoms with E-state index in [1.54, 1.807) is 12.1 Å². The molecule has 0 spiro atoms. The van der Waals surface area contributed by atoms with Crippen molar-refractivity contribution in [2.75, 3.05) is 4.90 Å². The molecule has 0 unspecified atom stereocenters. The highest BCUT2D eigenvalue weighted by molar-refractivity contribution is 6.16. The molecule has 4 aliphatic rings. The van der Waals surface area contributed by atoms with Crippen LogP contribution in [0.25, 0.3) is 88.4 Å². The molecule has 0 aliphatic heterocycles. The molecule has 0 bridgehead atoms. The summed E-state index contributed by atoms with van der Waals surface area (Å²) in [6, 6.07) is 56.6. The van der Waals surface area contributed by atoms with Crippen LogP contribution >= 0.6 is 0 Å². The molecule has 0 N–H and O–H groups in total. The summed E-state index contributed by atoms with van der Waals surface area (Å²) in [7, 11) is 0. The maximum absolute atomic E-state index is 14.8. The smallest absolute Gasteiger partial charge is 0.136 e. The average molecular weight is 908 g/mol. The molecule has 15 rings (SSSR count). The molecular formula is C66H50FNO2. The maximum atomic E-state index is 14.8. The highest BCUT2D eigenvalue weighted by Crippen LogP contribution is 2.61. The van der Waals surface area contributed by atoms with Gasteiger partial charge in [0.2, 0.25) is 0 Å². The molecule has 11 aromatic rings. The third kappa shape index (κ3) is 4.89. The fourth-order valence-electron chi connectivity index (χ4n) is 13.8. The lowest BCUT2D eigenvalue weighted by Crippen LogP contribution is -2.18. The van der Waals surface area contributed by atoms with E-state index in [1.807, 2.05) is 12.1 Å². The molecular weight excluding hydrogens is 858 g/mol. The van der Waals surface area contributed by atoms with Crippen molar-refractivity contribution in [3.8, 4) is 44.5 Å². The topological polar surface area (TPSA) is 29.5 Å². The second kappa shape index (κ2) is 12.9. The number of hydrogen-bond donors (Lipinski definition) is 0. The molecule has 4 aliphatic carbocycles. The Hall–Kier alpha value is -7.69. The van der Waals surface area contributed by atoms with Gasteiger partial charge >= 0.3 is 0 Å². The number of halogens is 1. The van der Waals surface area contributed by atoms with Gasteiger partial charge in [0.1, 0.15) is 28.1 Å². The second-order valence-electron chi connectivity index (χ2n) is 22.6. The van der Waals surface area contributed by atoms with Crippen LogP contribution in [0, 0.1) is 5.82 Å². The number of nitrogens with zero attached hydrogens (tertiary/aromatic N) is 1. The third-order valence-corrected chi connectivity index (χ3v) is 17.5. The Balaban J connectivity index is 0.864. The monoisotopic (exact) mass is 907 g/mol. The molecule has 9 aromatic carbocycles. The van der Waals surface area contributed by atoms with Crippen LogP contribution in [0.3, 0.4) is 0 Å². The first kappa shape index (κ1) is 40.2. The van der Waals surface area contributed by atoms with Gasteiger partial charge in [-0.25, -0.2) is 4.39 Å². The Kier molecular flexibility index (Phi) is 7.43. The third-order valence-electron chi connectivity index (χ3n) is 17.5. The summed E-state index contributed by atoms with van der Waals surface area (Å²) < 4.78 is 27.7. The van der Waals surface area contributed by atoms with Gasteiger partial charge in [0.15, 0.2) is 0 Å². The van der Waals surface area contributed by atoms with Gasteiger partial charge in [-0.15, -0.1) is 0 Å². The first-order chi connectivity index (χ1) is 33.6. The number of furan rings is 2. The van der Waals surface area contributed by atoms with E-state index in [2.05, 4.69) is 194 Å². The van der Waals surface area contributed by atoms with Crippen molar-refractivity contribution in [1.82, 2.24) is 0 Å². The Morgan fingerprint density at radius 1 is 0.329 bits per heavy atom. The van der Waals surface area contributed by atoms with E-state index >= 15 is 0 Å². The maximum Gasteiger partial charge on any atom is 0.136 e. The Bertz CT molecular complexity index is 3940. The largest absolute Gasteiger partial charge is 0.456 e. The SMILES string of the molecule is CC1(C)c2cc(N(c3ccc(F)cc3)c3ccc4c(c3)C(C)(C)c3cc5c(cc3-4)C(C)(C)c3ccc4oc6ccccc6c4c3-5)ccc2-c2cc3c(cc21)-c1c(ccc2oc4ccccc4c12)C3(C)C. The molecule has 4 heteroatoms. The zero-order valence-corrected chi connectivity index (χ0v) is 40.7. The minimum atomic E-state index is -0.299. The number of hydrogen-bond acceptors (Lipinski definition) is 3. The molecule has 338 valence electrons. The van der Waals surface area contributed by atoms with Crippen molar-refractivity contribution < 1.29 is 13.2 Å². The van der Waals surface area contributed by atoms with Crippen LogP contribution in [0.2, 0.25) is 0 Å². The van der Waals surface area contributed by atoms with Crippen LogP contribution in [-0.2, 0) is 21.7 Å². The molecule has 0 atom stereocenters. The quantitative estimate of drug-likeness (QED) is 0.177. The Morgan fingerprint density at radius 2 is 0.700 bits per heavy atom. The van der Waals surface area contributed by atoms with Gasteiger partial charge < -0.3 is 13.7 Å². The fourth-order valence-corrected chi connectivity index (χ4v) is 13.8. The summed E-state index contributed by atoms with van der Waals surface area (Å²) in [6.45, 7) is 19.0. The number of para-hydroxylation sites is 2. The molecule has 2 heterocycles. The predicted molar refractivity (Wildman–Crippen MR) is 286 cm³/mol. The van der Waals surface area contributed by atoms with Crippen molar-refractivity contribution in [2.24, 2.45) is 0 Å². The van der Waals surface area contributed by atoms with Crippen LogP contribution in [0.4, 0.5) is 21.5 Å². The fraction of sp³-hybridized carbons (Fsp3) is 0.182. The van der Waals surface area contributed by atoms with E-state index in [1.165, 1.54) is 99.8 Å². The van der Waals surface area contributed by atoms with Crippen LogP contribution in [0.1, 0.15) is 99.9 Å². The summed E-state index contributed by atoms with van der Waals surface area (Å²) in [5.74, 6) is -0.253. The van der Waals surface area contributed by atoms with E-state index in [0.29, 0.717) is 0 Å². The second-order valence-corrected chi connectivity index (χ2v) is 22.6. The van der Waals surface area contributed by atoms with Gasteiger partial charge in [-0.1, -0.05) is 116 Å². The summed E-state index contributed by atoms with van der Waals surface area (Å²) in [5.41, 5.74) is 26.6. The molecule has 0 saturated carbocycles. The van der Waals surface area contributed by atoms with E-state index in [0.717, 1.165) is 50.2 Å². The van der Waals surface area contributed by atoms with Crippen LogP contribution in [0.5, 0.6) is 0 Å². The zero-order valence-electron chi connectivity index (χ0n) is 40.7.